The van der Waals surface area contributed by atoms with Crippen LogP contribution in [0.3, 0.4) is 0 Å². The molecule has 2 heterocycles. The molecular formula is C19H16ClFN2O2S. The van der Waals surface area contributed by atoms with Crippen molar-refractivity contribution < 1.29 is 14.0 Å². The summed E-state index contributed by atoms with van der Waals surface area (Å²) in [5, 5.41) is 0.455. The summed E-state index contributed by atoms with van der Waals surface area (Å²) in [5.74, 6) is -0.292. The fourth-order valence-corrected chi connectivity index (χ4v) is 5.32. The van der Waals surface area contributed by atoms with Crippen LogP contribution in [0.4, 0.5) is 10.1 Å². The van der Waals surface area contributed by atoms with E-state index in [4.69, 9.17) is 11.6 Å². The van der Waals surface area contributed by atoms with Crippen LogP contribution in [-0.2, 0) is 9.67 Å². The average molecular weight is 391 g/mol. The number of benzene rings is 2. The van der Waals surface area contributed by atoms with Crippen molar-refractivity contribution in [2.75, 3.05) is 23.7 Å². The maximum atomic E-state index is 14.0. The van der Waals surface area contributed by atoms with Gasteiger partial charge in [-0.05, 0) is 43.3 Å². The van der Waals surface area contributed by atoms with Crippen molar-refractivity contribution in [3.8, 4) is 0 Å². The second kappa shape index (κ2) is 6.28. The highest BCUT2D eigenvalue weighted by Crippen LogP contribution is 2.54. The van der Waals surface area contributed by atoms with Crippen LogP contribution in [0, 0.1) is 5.82 Å². The average Bonchev–Trinajstić information content (AvgIpc) is 3.17. The Morgan fingerprint density at radius 3 is 2.85 bits per heavy atom. The quantitative estimate of drug-likeness (QED) is 0.781. The number of thioether (sulfide) groups is 1. The monoisotopic (exact) mass is 390 g/mol. The van der Waals surface area contributed by atoms with Crippen LogP contribution < -0.4 is 4.90 Å². The molecule has 1 spiro atoms. The molecule has 0 N–H and O–H groups in total. The molecule has 4 rings (SSSR count). The number of likely N-dealkylation sites (N-methyl/N-ethyl adjacent to an activating group) is 1. The number of anilines is 1. The minimum atomic E-state index is -1.22. The zero-order valence-electron chi connectivity index (χ0n) is 14.0. The lowest BCUT2D eigenvalue weighted by Gasteiger charge is -2.33. The standard InChI is InChI=1S/C19H16ClFN2O2S/c1-2-22-16-7-6-14(21)11-15(16)19(18(22)25)23(8-9-26-19)17(24)12-4-3-5-13(20)10-12/h3-7,10-11H,2,8-9H2,1H3/t19-/m1/s1. The second-order valence-corrected chi connectivity index (χ2v) is 7.89. The van der Waals surface area contributed by atoms with E-state index in [1.807, 2.05) is 6.92 Å². The van der Waals surface area contributed by atoms with Gasteiger partial charge in [0.15, 0.2) is 4.87 Å². The number of fused-ring (bicyclic) bond motifs is 2. The Balaban J connectivity index is 1.86. The van der Waals surface area contributed by atoms with Crippen LogP contribution >= 0.6 is 23.4 Å². The van der Waals surface area contributed by atoms with Crippen LogP contribution in [0.5, 0.6) is 0 Å². The third-order valence-corrected chi connectivity index (χ3v) is 6.44. The third-order valence-electron chi connectivity index (χ3n) is 4.79. The summed E-state index contributed by atoms with van der Waals surface area (Å²) in [7, 11) is 0. The van der Waals surface area contributed by atoms with Crippen molar-refractivity contribution in [3.63, 3.8) is 0 Å². The highest BCUT2D eigenvalue weighted by Gasteiger charge is 2.59. The summed E-state index contributed by atoms with van der Waals surface area (Å²) >= 11 is 7.40. The van der Waals surface area contributed by atoms with Gasteiger partial charge in [0.2, 0.25) is 0 Å². The zero-order chi connectivity index (χ0) is 18.5. The lowest BCUT2D eigenvalue weighted by atomic mass is 10.0. The third kappa shape index (κ3) is 2.36. The van der Waals surface area contributed by atoms with E-state index in [0.29, 0.717) is 40.7 Å². The molecule has 7 heteroatoms. The van der Waals surface area contributed by atoms with Gasteiger partial charge in [-0.25, -0.2) is 4.39 Å². The van der Waals surface area contributed by atoms with Gasteiger partial charge in [-0.3, -0.25) is 9.59 Å². The maximum Gasteiger partial charge on any atom is 0.268 e. The van der Waals surface area contributed by atoms with Crippen LogP contribution in [0.25, 0.3) is 0 Å². The second-order valence-electron chi connectivity index (χ2n) is 6.17. The number of nitrogens with zero attached hydrogens (tertiary/aromatic N) is 2. The number of amides is 2. The minimum absolute atomic E-state index is 0.196. The van der Waals surface area contributed by atoms with Gasteiger partial charge in [-0.1, -0.05) is 17.7 Å². The molecule has 2 aliphatic heterocycles. The number of hydrogen-bond acceptors (Lipinski definition) is 3. The first kappa shape index (κ1) is 17.4. The highest BCUT2D eigenvalue weighted by atomic mass is 35.5. The summed E-state index contributed by atoms with van der Waals surface area (Å²) < 4.78 is 14.0. The molecule has 26 heavy (non-hydrogen) atoms. The van der Waals surface area contributed by atoms with Gasteiger partial charge in [-0.15, -0.1) is 11.8 Å². The van der Waals surface area contributed by atoms with Gasteiger partial charge in [0.25, 0.3) is 11.8 Å². The van der Waals surface area contributed by atoms with E-state index < -0.39 is 10.7 Å². The van der Waals surface area contributed by atoms with Gasteiger partial charge in [0, 0.05) is 35.0 Å². The molecule has 2 aromatic carbocycles. The molecule has 2 aliphatic rings. The van der Waals surface area contributed by atoms with Gasteiger partial charge >= 0.3 is 0 Å². The SMILES string of the molecule is CCN1C(=O)[C@]2(SCCN2C(=O)c2cccc(Cl)c2)c2cc(F)ccc21. The fourth-order valence-electron chi connectivity index (χ4n) is 3.68. The molecule has 0 aliphatic carbocycles. The molecule has 2 aromatic rings. The van der Waals surface area contributed by atoms with Crippen LogP contribution in [0.15, 0.2) is 42.5 Å². The number of carbonyl (C=O) groups excluding carboxylic acids is 2. The van der Waals surface area contributed by atoms with Gasteiger partial charge in [-0.2, -0.15) is 0 Å². The van der Waals surface area contributed by atoms with Gasteiger partial charge < -0.3 is 9.80 Å². The summed E-state index contributed by atoms with van der Waals surface area (Å²) in [6, 6.07) is 11.0. The Morgan fingerprint density at radius 2 is 2.12 bits per heavy atom. The lowest BCUT2D eigenvalue weighted by molar-refractivity contribution is -0.123. The molecule has 0 aromatic heterocycles. The topological polar surface area (TPSA) is 40.6 Å². The summed E-state index contributed by atoms with van der Waals surface area (Å²) in [4.78, 5) is 28.4. The lowest BCUT2D eigenvalue weighted by Crippen LogP contribution is -2.50. The first-order valence-corrected chi connectivity index (χ1v) is 9.69. The Hall–Kier alpha value is -2.05. The summed E-state index contributed by atoms with van der Waals surface area (Å²) in [5.41, 5.74) is 1.62. The van der Waals surface area contributed by atoms with E-state index in [1.165, 1.54) is 23.9 Å². The Bertz CT molecular complexity index is 922. The van der Waals surface area contributed by atoms with Crippen molar-refractivity contribution in [1.29, 1.82) is 0 Å². The molecule has 4 nitrogen and oxygen atoms in total. The van der Waals surface area contributed by atoms with Crippen LogP contribution in [0.2, 0.25) is 5.02 Å². The van der Waals surface area contributed by atoms with Crippen LogP contribution in [-0.4, -0.2) is 35.6 Å². The van der Waals surface area contributed by atoms with Crippen molar-refractivity contribution in [1.82, 2.24) is 4.90 Å². The molecule has 0 saturated carbocycles. The first-order chi connectivity index (χ1) is 12.5. The van der Waals surface area contributed by atoms with Crippen molar-refractivity contribution in [2.24, 2.45) is 0 Å². The largest absolute Gasteiger partial charge is 0.311 e. The Kier molecular flexibility index (Phi) is 4.20. The van der Waals surface area contributed by atoms with E-state index in [9.17, 15) is 14.0 Å². The number of halogens is 2. The molecule has 1 atom stereocenters. The number of rotatable bonds is 2. The molecule has 2 amide bonds. The summed E-state index contributed by atoms with van der Waals surface area (Å²) in [6.45, 7) is 2.74. The normalized spacial score (nSPS) is 21.6. The van der Waals surface area contributed by atoms with E-state index in [1.54, 1.807) is 40.1 Å². The van der Waals surface area contributed by atoms with E-state index in [2.05, 4.69) is 0 Å². The Morgan fingerprint density at radius 1 is 1.31 bits per heavy atom. The molecule has 1 saturated heterocycles. The Labute approximate surface area is 159 Å². The molecule has 0 unspecified atom stereocenters. The van der Waals surface area contributed by atoms with Crippen molar-refractivity contribution in [3.05, 3.63) is 64.4 Å². The predicted molar refractivity (Wildman–Crippen MR) is 101 cm³/mol. The maximum absolute atomic E-state index is 14.0. The molecule has 134 valence electrons. The molecular weight excluding hydrogens is 375 g/mol. The predicted octanol–water partition coefficient (Wildman–Crippen LogP) is 3.89. The van der Waals surface area contributed by atoms with Crippen LogP contribution in [0.1, 0.15) is 22.8 Å². The molecule has 1 fully saturated rings. The van der Waals surface area contributed by atoms with E-state index in [-0.39, 0.29) is 11.8 Å². The van der Waals surface area contributed by atoms with Crippen molar-refractivity contribution >= 4 is 40.9 Å². The van der Waals surface area contributed by atoms with Crippen molar-refractivity contribution in [2.45, 2.75) is 11.8 Å². The number of hydrogen-bond donors (Lipinski definition) is 0. The summed E-state index contributed by atoms with van der Waals surface area (Å²) in [6.07, 6.45) is 0. The van der Waals surface area contributed by atoms with E-state index in [0.717, 1.165) is 0 Å². The minimum Gasteiger partial charge on any atom is -0.311 e. The fraction of sp³-hybridized carbons (Fsp3) is 0.263. The first-order valence-electron chi connectivity index (χ1n) is 8.32. The van der Waals surface area contributed by atoms with E-state index >= 15 is 0 Å². The zero-order valence-corrected chi connectivity index (χ0v) is 15.6. The highest BCUT2D eigenvalue weighted by molar-refractivity contribution is 8.01. The molecule has 0 bridgehead atoms. The van der Waals surface area contributed by atoms with Gasteiger partial charge in [0.1, 0.15) is 5.82 Å². The molecule has 0 radical (unpaired) electrons. The van der Waals surface area contributed by atoms with Gasteiger partial charge in [0.05, 0.1) is 5.69 Å². The smallest absolute Gasteiger partial charge is 0.268 e. The number of carbonyl (C=O) groups is 2.